The lowest BCUT2D eigenvalue weighted by Gasteiger charge is -2.15. The molecule has 132 valence electrons. The Morgan fingerprint density at radius 2 is 1.84 bits per heavy atom. The summed E-state index contributed by atoms with van der Waals surface area (Å²) in [5.74, 6) is -1.45. The van der Waals surface area contributed by atoms with Gasteiger partial charge in [-0.3, -0.25) is 20.4 Å². The number of alkyl halides is 3. The highest BCUT2D eigenvalue weighted by Gasteiger charge is 2.35. The van der Waals surface area contributed by atoms with Crippen LogP contribution in [-0.2, 0) is 0 Å². The first-order valence-corrected chi connectivity index (χ1v) is 7.77. The van der Waals surface area contributed by atoms with Crippen LogP contribution in [0.25, 0.3) is 0 Å². The van der Waals surface area contributed by atoms with Gasteiger partial charge in [-0.25, -0.2) is 0 Å². The van der Waals surface area contributed by atoms with Crippen molar-refractivity contribution in [1.29, 1.82) is 0 Å². The van der Waals surface area contributed by atoms with Gasteiger partial charge in [-0.1, -0.05) is 18.2 Å². The highest BCUT2D eigenvalue weighted by Crippen LogP contribution is 2.24. The van der Waals surface area contributed by atoms with Gasteiger partial charge in [0.1, 0.15) is 11.4 Å². The predicted molar refractivity (Wildman–Crippen MR) is 86.4 cm³/mol. The monoisotopic (exact) mass is 370 g/mol. The normalized spacial score (nSPS) is 11.8. The molecular weight excluding hydrogens is 357 g/mol. The van der Waals surface area contributed by atoms with Gasteiger partial charge < -0.3 is 4.74 Å². The fourth-order valence-corrected chi connectivity index (χ4v) is 2.47. The van der Waals surface area contributed by atoms with Gasteiger partial charge in [0.15, 0.2) is 5.78 Å². The van der Waals surface area contributed by atoms with Crippen LogP contribution in [0.1, 0.15) is 20.0 Å². The number of ether oxygens (including phenoxy) is 1. The number of methoxy groups -OCH3 is 1. The third-order valence-electron chi connectivity index (χ3n) is 3.01. The number of carbonyl (C=O) groups excluding carboxylic acids is 2. The molecule has 0 fully saturated rings. The number of halogens is 3. The summed E-state index contributed by atoms with van der Waals surface area (Å²) in [6.45, 7) is 0. The number of para-hydroxylation sites is 1. The molecule has 0 saturated carbocycles. The second-order valence-electron chi connectivity index (χ2n) is 4.68. The molecule has 0 aliphatic rings. The van der Waals surface area contributed by atoms with E-state index in [1.54, 1.807) is 22.9 Å². The van der Waals surface area contributed by atoms with Crippen molar-refractivity contribution in [2.75, 3.05) is 7.11 Å². The van der Waals surface area contributed by atoms with Gasteiger partial charge in [0.25, 0.3) is 5.91 Å². The molecule has 0 aliphatic carbocycles. The second-order valence-corrected chi connectivity index (χ2v) is 5.62. The van der Waals surface area contributed by atoms with E-state index in [0.29, 0.717) is 6.08 Å². The average molecular weight is 370 g/mol. The molecule has 2 aromatic rings. The highest BCUT2D eigenvalue weighted by atomic mass is 32.1. The Labute approximate surface area is 145 Å². The van der Waals surface area contributed by atoms with E-state index in [1.807, 2.05) is 5.43 Å². The van der Waals surface area contributed by atoms with Crippen LogP contribution in [0.2, 0.25) is 0 Å². The summed E-state index contributed by atoms with van der Waals surface area (Å²) in [5.41, 5.74) is 2.36. The number of amides is 1. The third kappa shape index (κ3) is 4.83. The molecule has 25 heavy (non-hydrogen) atoms. The molecule has 0 unspecified atom stereocenters. The number of carbonyl (C=O) groups is 2. The Morgan fingerprint density at radius 3 is 2.44 bits per heavy atom. The van der Waals surface area contributed by atoms with Crippen LogP contribution in [0.4, 0.5) is 13.2 Å². The minimum atomic E-state index is -4.85. The van der Waals surface area contributed by atoms with Crippen LogP contribution in [0.3, 0.4) is 0 Å². The lowest BCUT2D eigenvalue weighted by Crippen LogP contribution is -2.41. The first-order valence-electron chi connectivity index (χ1n) is 6.89. The van der Waals surface area contributed by atoms with E-state index < -0.39 is 23.6 Å². The van der Waals surface area contributed by atoms with Crippen molar-refractivity contribution in [3.8, 4) is 5.75 Å². The molecule has 1 heterocycles. The van der Waals surface area contributed by atoms with Crippen LogP contribution < -0.4 is 15.6 Å². The van der Waals surface area contributed by atoms with Gasteiger partial charge in [0.2, 0.25) is 0 Å². The van der Waals surface area contributed by atoms with Crippen molar-refractivity contribution in [1.82, 2.24) is 10.9 Å². The number of hydrogen-bond donors (Lipinski definition) is 2. The average Bonchev–Trinajstić information content (AvgIpc) is 3.11. The molecule has 1 aromatic carbocycles. The van der Waals surface area contributed by atoms with E-state index in [1.165, 1.54) is 31.4 Å². The van der Waals surface area contributed by atoms with E-state index in [0.717, 1.165) is 11.3 Å². The summed E-state index contributed by atoms with van der Waals surface area (Å²) in [6.07, 6.45) is -4.45. The van der Waals surface area contributed by atoms with E-state index >= 15 is 0 Å². The van der Waals surface area contributed by atoms with Crippen molar-refractivity contribution in [2.45, 2.75) is 6.18 Å². The SMILES string of the molecule is COc1ccccc1C(=O)NNC(=CC(=O)c1cccs1)C(F)(F)F. The Morgan fingerprint density at radius 1 is 1.12 bits per heavy atom. The molecule has 5 nitrogen and oxygen atoms in total. The molecular formula is C16H13F3N2O3S. The number of allylic oxidation sites excluding steroid dienone is 2. The van der Waals surface area contributed by atoms with Gasteiger partial charge in [0, 0.05) is 6.08 Å². The fraction of sp³-hybridized carbons (Fsp3) is 0.125. The summed E-state index contributed by atoms with van der Waals surface area (Å²) in [7, 11) is 1.33. The molecule has 1 aromatic heterocycles. The number of hydrazine groups is 1. The van der Waals surface area contributed by atoms with Gasteiger partial charge in [-0.05, 0) is 23.6 Å². The number of benzene rings is 1. The molecule has 0 saturated heterocycles. The smallest absolute Gasteiger partial charge is 0.432 e. The van der Waals surface area contributed by atoms with E-state index in [9.17, 15) is 22.8 Å². The standard InChI is InChI=1S/C16H13F3N2O3S/c1-24-12-6-3-2-5-10(12)15(23)21-20-14(16(17,18)19)9-11(22)13-7-4-8-25-13/h2-9,20H,1H3,(H,21,23). The Bertz CT molecular complexity index is 786. The number of ketones is 1. The van der Waals surface area contributed by atoms with Crippen LogP contribution in [0, 0.1) is 0 Å². The lowest BCUT2D eigenvalue weighted by molar-refractivity contribution is -0.0977. The maximum atomic E-state index is 13.1. The van der Waals surface area contributed by atoms with E-state index in [2.05, 4.69) is 0 Å². The van der Waals surface area contributed by atoms with Crippen molar-refractivity contribution < 1.29 is 27.5 Å². The Hall–Kier alpha value is -2.81. The number of nitrogens with one attached hydrogen (secondary N) is 2. The van der Waals surface area contributed by atoms with Gasteiger partial charge in [0.05, 0.1) is 17.6 Å². The zero-order valence-corrected chi connectivity index (χ0v) is 13.7. The maximum Gasteiger partial charge on any atom is 0.432 e. The van der Waals surface area contributed by atoms with Crippen LogP contribution in [0.15, 0.2) is 53.6 Å². The Balaban J connectivity index is 2.16. The summed E-state index contributed by atoms with van der Waals surface area (Å²) >= 11 is 1.02. The lowest BCUT2D eigenvalue weighted by atomic mass is 10.2. The zero-order valence-electron chi connectivity index (χ0n) is 12.9. The quantitative estimate of drug-likeness (QED) is 0.465. The predicted octanol–water partition coefficient (Wildman–Crippen LogP) is 3.32. The summed E-state index contributed by atoms with van der Waals surface area (Å²) in [5, 5.41) is 1.57. The fourth-order valence-electron chi connectivity index (χ4n) is 1.83. The molecule has 2 N–H and O–H groups in total. The van der Waals surface area contributed by atoms with Gasteiger partial charge in [-0.2, -0.15) is 13.2 Å². The molecule has 1 amide bonds. The van der Waals surface area contributed by atoms with Gasteiger partial charge >= 0.3 is 6.18 Å². The van der Waals surface area contributed by atoms with Crippen molar-refractivity contribution in [2.24, 2.45) is 0 Å². The zero-order chi connectivity index (χ0) is 18.4. The first kappa shape index (κ1) is 18.5. The van der Waals surface area contributed by atoms with Crippen LogP contribution in [-0.4, -0.2) is 25.0 Å². The first-order chi connectivity index (χ1) is 11.8. The van der Waals surface area contributed by atoms with Crippen molar-refractivity contribution >= 4 is 23.0 Å². The maximum absolute atomic E-state index is 13.1. The number of rotatable bonds is 6. The second kappa shape index (κ2) is 7.84. The van der Waals surface area contributed by atoms with E-state index in [-0.39, 0.29) is 16.2 Å². The molecule has 0 atom stereocenters. The summed E-state index contributed by atoms with van der Waals surface area (Å²) in [4.78, 5) is 24.0. The molecule has 0 aliphatic heterocycles. The van der Waals surface area contributed by atoms with Crippen molar-refractivity contribution in [3.05, 3.63) is 64.0 Å². The largest absolute Gasteiger partial charge is 0.496 e. The highest BCUT2D eigenvalue weighted by molar-refractivity contribution is 7.12. The molecule has 0 bridgehead atoms. The number of hydrogen-bond acceptors (Lipinski definition) is 5. The molecule has 2 rings (SSSR count). The van der Waals surface area contributed by atoms with Gasteiger partial charge in [-0.15, -0.1) is 11.3 Å². The van der Waals surface area contributed by atoms with Crippen LogP contribution >= 0.6 is 11.3 Å². The van der Waals surface area contributed by atoms with Crippen LogP contribution in [0.5, 0.6) is 5.75 Å². The molecule has 0 radical (unpaired) electrons. The molecule has 0 spiro atoms. The number of thiophene rings is 1. The van der Waals surface area contributed by atoms with E-state index in [4.69, 9.17) is 4.74 Å². The molecule has 9 heteroatoms. The topological polar surface area (TPSA) is 67.4 Å². The third-order valence-corrected chi connectivity index (χ3v) is 3.89. The summed E-state index contributed by atoms with van der Waals surface area (Å²) < 4.78 is 44.2. The van der Waals surface area contributed by atoms with Crippen molar-refractivity contribution in [3.63, 3.8) is 0 Å². The summed E-state index contributed by atoms with van der Waals surface area (Å²) in [6, 6.07) is 9.00. The minimum Gasteiger partial charge on any atom is -0.496 e. The minimum absolute atomic E-state index is 0.0450. The Kier molecular flexibility index (Phi) is 5.81.